The Labute approximate surface area is 208 Å². The number of aromatic amines is 1. The Bertz CT molecular complexity index is 1480. The van der Waals surface area contributed by atoms with Crippen LogP contribution in [0, 0.1) is 0 Å². The normalized spacial score (nSPS) is 10.9. The van der Waals surface area contributed by atoms with Crippen molar-refractivity contribution in [2.24, 2.45) is 0 Å². The number of allylic oxidation sites excluding steroid dienone is 1. The molecule has 0 fully saturated rings. The average molecular weight is 487 g/mol. The van der Waals surface area contributed by atoms with Crippen LogP contribution in [-0.4, -0.2) is 43.8 Å². The van der Waals surface area contributed by atoms with E-state index in [0.717, 1.165) is 11.1 Å². The van der Waals surface area contributed by atoms with E-state index in [1.54, 1.807) is 89.2 Å². The van der Waals surface area contributed by atoms with Crippen molar-refractivity contribution in [2.45, 2.75) is 0 Å². The summed E-state index contributed by atoms with van der Waals surface area (Å²) in [6.45, 7) is 0. The summed E-state index contributed by atoms with van der Waals surface area (Å²) in [4.78, 5) is 28.4. The first-order valence-corrected chi connectivity index (χ1v) is 11.1. The maximum Gasteiger partial charge on any atom is 0.330 e. The van der Waals surface area contributed by atoms with E-state index in [4.69, 9.17) is 18.9 Å². The van der Waals surface area contributed by atoms with Gasteiger partial charge in [-0.3, -0.25) is 9.36 Å². The second kappa shape index (κ2) is 10.7. The van der Waals surface area contributed by atoms with Gasteiger partial charge in [0.1, 0.15) is 0 Å². The molecule has 0 aliphatic heterocycles. The summed E-state index contributed by atoms with van der Waals surface area (Å²) in [5, 5.41) is 0. The smallest absolute Gasteiger partial charge is 0.330 e. The largest absolute Gasteiger partial charge is 0.493 e. The first kappa shape index (κ1) is 24.4. The number of rotatable bonds is 9. The Hall–Kier alpha value is -4.72. The molecule has 8 nitrogen and oxygen atoms in total. The molecule has 0 atom stereocenters. The van der Waals surface area contributed by atoms with Crippen molar-refractivity contribution >= 4 is 11.9 Å². The second-order valence-corrected chi connectivity index (χ2v) is 7.78. The molecule has 0 bridgehead atoms. The number of hydrogen-bond acceptors (Lipinski definition) is 6. The van der Waals surface area contributed by atoms with Crippen LogP contribution in [0.2, 0.25) is 0 Å². The third-order valence-electron chi connectivity index (χ3n) is 5.66. The molecule has 0 spiro atoms. The molecule has 0 amide bonds. The zero-order valence-corrected chi connectivity index (χ0v) is 20.4. The van der Waals surface area contributed by atoms with Crippen molar-refractivity contribution in [3.63, 3.8) is 0 Å². The lowest BCUT2D eigenvalue weighted by molar-refractivity contribution is 0.104. The van der Waals surface area contributed by atoms with Crippen LogP contribution in [0.1, 0.15) is 15.9 Å². The molecule has 1 heterocycles. The van der Waals surface area contributed by atoms with Crippen LogP contribution in [-0.2, 0) is 0 Å². The summed E-state index contributed by atoms with van der Waals surface area (Å²) in [6, 6.07) is 17.7. The van der Waals surface area contributed by atoms with Gasteiger partial charge in [-0.15, -0.1) is 0 Å². The highest BCUT2D eigenvalue weighted by Gasteiger charge is 2.12. The van der Waals surface area contributed by atoms with E-state index < -0.39 is 0 Å². The quantitative estimate of drug-likeness (QED) is 0.271. The predicted octanol–water partition coefficient (Wildman–Crippen LogP) is 4.76. The minimum Gasteiger partial charge on any atom is -0.493 e. The van der Waals surface area contributed by atoms with Crippen LogP contribution in [0.3, 0.4) is 0 Å². The van der Waals surface area contributed by atoms with Crippen molar-refractivity contribution in [1.29, 1.82) is 0 Å². The number of ketones is 1. The van der Waals surface area contributed by atoms with E-state index in [1.165, 1.54) is 10.6 Å². The molecule has 8 heteroatoms. The van der Waals surface area contributed by atoms with Crippen LogP contribution < -0.4 is 24.6 Å². The van der Waals surface area contributed by atoms with E-state index >= 15 is 0 Å². The summed E-state index contributed by atoms with van der Waals surface area (Å²) in [5.74, 6) is 2.13. The van der Waals surface area contributed by atoms with Gasteiger partial charge in [-0.05, 0) is 54.1 Å². The molecule has 1 aromatic heterocycles. The SMILES string of the molecule is COc1ccc(C=CC(=O)c2cccc(-n3cc(-c4ccc(OC)c(OC)c4)[nH]c3=O)c2)cc1OC. The van der Waals surface area contributed by atoms with E-state index in [1.807, 2.05) is 12.1 Å². The van der Waals surface area contributed by atoms with Crippen molar-refractivity contribution in [3.05, 3.63) is 94.5 Å². The van der Waals surface area contributed by atoms with Gasteiger partial charge in [-0.1, -0.05) is 24.3 Å². The molecule has 0 radical (unpaired) electrons. The summed E-state index contributed by atoms with van der Waals surface area (Å²) in [5.41, 5.74) is 2.83. The zero-order valence-electron chi connectivity index (χ0n) is 20.4. The number of benzene rings is 3. The first-order chi connectivity index (χ1) is 17.5. The Morgan fingerprint density at radius 2 is 1.47 bits per heavy atom. The highest BCUT2D eigenvalue weighted by molar-refractivity contribution is 6.07. The lowest BCUT2D eigenvalue weighted by Crippen LogP contribution is -2.14. The number of aromatic nitrogens is 2. The van der Waals surface area contributed by atoms with Gasteiger partial charge in [-0.2, -0.15) is 0 Å². The molecule has 0 unspecified atom stereocenters. The van der Waals surface area contributed by atoms with Crippen LogP contribution in [0.25, 0.3) is 23.0 Å². The third-order valence-corrected chi connectivity index (χ3v) is 5.66. The molecule has 184 valence electrons. The van der Waals surface area contributed by atoms with Crippen molar-refractivity contribution in [2.75, 3.05) is 28.4 Å². The number of ether oxygens (including phenoxy) is 4. The topological polar surface area (TPSA) is 91.8 Å². The van der Waals surface area contributed by atoms with E-state index in [9.17, 15) is 9.59 Å². The number of methoxy groups -OCH3 is 4. The fourth-order valence-electron chi connectivity index (χ4n) is 3.77. The number of carbonyl (C=O) groups excluding carboxylic acids is 1. The number of hydrogen-bond donors (Lipinski definition) is 1. The molecule has 0 aliphatic carbocycles. The third kappa shape index (κ3) is 5.02. The van der Waals surface area contributed by atoms with Crippen molar-refractivity contribution < 1.29 is 23.7 Å². The van der Waals surface area contributed by atoms with Gasteiger partial charge in [0.25, 0.3) is 0 Å². The fourth-order valence-corrected chi connectivity index (χ4v) is 3.77. The van der Waals surface area contributed by atoms with Crippen LogP contribution in [0.4, 0.5) is 0 Å². The molecule has 1 N–H and O–H groups in total. The zero-order chi connectivity index (χ0) is 25.7. The molecule has 0 aliphatic rings. The van der Waals surface area contributed by atoms with Gasteiger partial charge >= 0.3 is 5.69 Å². The lowest BCUT2D eigenvalue weighted by atomic mass is 10.1. The molecular formula is C28H26N2O6. The van der Waals surface area contributed by atoms with E-state index in [2.05, 4.69) is 4.98 Å². The summed E-state index contributed by atoms with van der Waals surface area (Å²) in [6.07, 6.45) is 4.87. The van der Waals surface area contributed by atoms with E-state index in [0.29, 0.717) is 39.9 Å². The Morgan fingerprint density at radius 1 is 0.806 bits per heavy atom. The fraction of sp³-hybridized carbons (Fsp3) is 0.143. The number of imidazole rings is 1. The van der Waals surface area contributed by atoms with Crippen LogP contribution in [0.5, 0.6) is 23.0 Å². The number of nitrogens with one attached hydrogen (secondary N) is 1. The molecule has 4 rings (SSSR count). The predicted molar refractivity (Wildman–Crippen MR) is 138 cm³/mol. The molecular weight excluding hydrogens is 460 g/mol. The Balaban J connectivity index is 1.59. The number of H-pyrrole nitrogens is 1. The molecule has 0 saturated heterocycles. The standard InChI is InChI=1S/C28H26N2O6/c1-33-24-12-9-18(14-26(24)35-3)8-11-23(31)20-6-5-7-21(15-20)30-17-22(29-28(30)32)19-10-13-25(34-2)27(16-19)36-4/h5-17H,1-4H3,(H,29,32). The van der Waals surface area contributed by atoms with E-state index in [-0.39, 0.29) is 11.5 Å². The second-order valence-electron chi connectivity index (χ2n) is 7.78. The van der Waals surface area contributed by atoms with Gasteiger partial charge in [0, 0.05) is 17.3 Å². The Kier molecular flexibility index (Phi) is 7.25. The minimum absolute atomic E-state index is 0.199. The molecule has 3 aromatic carbocycles. The van der Waals surface area contributed by atoms with Gasteiger partial charge < -0.3 is 23.9 Å². The highest BCUT2D eigenvalue weighted by Crippen LogP contribution is 2.31. The van der Waals surface area contributed by atoms with Gasteiger partial charge in [0.15, 0.2) is 28.8 Å². The summed E-state index contributed by atoms with van der Waals surface area (Å²) < 4.78 is 22.7. The van der Waals surface area contributed by atoms with Gasteiger partial charge in [-0.25, -0.2) is 4.79 Å². The molecule has 36 heavy (non-hydrogen) atoms. The first-order valence-electron chi connectivity index (χ1n) is 11.1. The van der Waals surface area contributed by atoms with Gasteiger partial charge in [0.05, 0.1) is 39.8 Å². The highest BCUT2D eigenvalue weighted by atomic mass is 16.5. The lowest BCUT2D eigenvalue weighted by Gasteiger charge is -2.08. The summed E-state index contributed by atoms with van der Waals surface area (Å²) >= 11 is 0. The maximum atomic E-state index is 12.9. The minimum atomic E-state index is -0.328. The molecule has 4 aromatic rings. The number of nitrogens with zero attached hydrogens (tertiary/aromatic N) is 1. The van der Waals surface area contributed by atoms with Crippen LogP contribution in [0.15, 0.2) is 77.7 Å². The Morgan fingerprint density at radius 3 is 2.17 bits per heavy atom. The van der Waals surface area contributed by atoms with Gasteiger partial charge in [0.2, 0.25) is 0 Å². The average Bonchev–Trinajstić information content (AvgIpc) is 3.32. The van der Waals surface area contributed by atoms with Crippen LogP contribution >= 0.6 is 0 Å². The number of carbonyl (C=O) groups is 1. The van der Waals surface area contributed by atoms with Crippen molar-refractivity contribution in [3.8, 4) is 39.9 Å². The maximum absolute atomic E-state index is 12.9. The van der Waals surface area contributed by atoms with Crippen molar-refractivity contribution in [1.82, 2.24) is 9.55 Å². The summed E-state index contributed by atoms with van der Waals surface area (Å²) in [7, 11) is 6.24. The monoisotopic (exact) mass is 486 g/mol. The molecule has 0 saturated carbocycles.